The van der Waals surface area contributed by atoms with Crippen molar-refractivity contribution >= 4 is 5.91 Å². The smallest absolute Gasteiger partial charge is 0.254 e. The molecule has 1 saturated carbocycles. The molecule has 3 nitrogen and oxygen atoms in total. The van der Waals surface area contributed by atoms with E-state index in [4.69, 9.17) is 0 Å². The maximum Gasteiger partial charge on any atom is 0.254 e. The number of piperidine rings is 1. The van der Waals surface area contributed by atoms with Crippen LogP contribution in [0.2, 0.25) is 0 Å². The first kappa shape index (κ1) is 12.9. The maximum absolute atomic E-state index is 12.2. The van der Waals surface area contributed by atoms with E-state index in [0.717, 1.165) is 19.5 Å². The molecule has 1 radical (unpaired) electrons. The SMILES string of the molecule is [CH2]CC1(O)CCCN(CC2CCCCC2)C1=O. The van der Waals surface area contributed by atoms with Gasteiger partial charge in [0.25, 0.3) is 5.91 Å². The number of nitrogens with zero attached hydrogens (tertiary/aromatic N) is 1. The summed E-state index contributed by atoms with van der Waals surface area (Å²) in [7, 11) is 0. The Bertz CT molecular complexity index is 273. The summed E-state index contributed by atoms with van der Waals surface area (Å²) >= 11 is 0. The number of rotatable bonds is 3. The number of amides is 1. The van der Waals surface area contributed by atoms with Crippen LogP contribution < -0.4 is 0 Å². The predicted molar refractivity (Wildman–Crippen MR) is 67.3 cm³/mol. The van der Waals surface area contributed by atoms with Gasteiger partial charge in [-0.1, -0.05) is 19.3 Å². The van der Waals surface area contributed by atoms with Crippen LogP contribution in [-0.4, -0.2) is 34.6 Å². The summed E-state index contributed by atoms with van der Waals surface area (Å²) in [5, 5.41) is 10.2. The molecule has 2 rings (SSSR count). The Balaban J connectivity index is 1.93. The van der Waals surface area contributed by atoms with Gasteiger partial charge in [-0.3, -0.25) is 4.79 Å². The number of carbonyl (C=O) groups is 1. The average Bonchev–Trinajstić information content (AvgIpc) is 2.36. The van der Waals surface area contributed by atoms with Gasteiger partial charge >= 0.3 is 0 Å². The summed E-state index contributed by atoms with van der Waals surface area (Å²) in [4.78, 5) is 14.1. The van der Waals surface area contributed by atoms with Crippen LogP contribution in [0.3, 0.4) is 0 Å². The first-order valence-corrected chi connectivity index (χ1v) is 6.97. The first-order chi connectivity index (χ1) is 8.15. The van der Waals surface area contributed by atoms with E-state index in [1.54, 1.807) is 0 Å². The molecule has 1 aliphatic heterocycles. The van der Waals surface area contributed by atoms with E-state index in [1.807, 2.05) is 4.90 Å². The van der Waals surface area contributed by atoms with Gasteiger partial charge < -0.3 is 10.0 Å². The molecule has 1 saturated heterocycles. The Morgan fingerprint density at radius 2 is 2.00 bits per heavy atom. The highest BCUT2D eigenvalue weighted by Gasteiger charge is 2.40. The minimum atomic E-state index is -1.17. The minimum Gasteiger partial charge on any atom is -0.380 e. The van der Waals surface area contributed by atoms with Crippen molar-refractivity contribution in [3.05, 3.63) is 6.92 Å². The van der Waals surface area contributed by atoms with Gasteiger partial charge in [0, 0.05) is 13.1 Å². The highest BCUT2D eigenvalue weighted by atomic mass is 16.3. The summed E-state index contributed by atoms with van der Waals surface area (Å²) in [5.74, 6) is 0.573. The lowest BCUT2D eigenvalue weighted by Gasteiger charge is -2.39. The zero-order valence-electron chi connectivity index (χ0n) is 10.7. The van der Waals surface area contributed by atoms with E-state index in [1.165, 1.54) is 32.1 Å². The molecule has 3 heteroatoms. The second-order valence-corrected chi connectivity index (χ2v) is 5.64. The Kier molecular flexibility index (Phi) is 4.08. The molecule has 0 bridgehead atoms. The quantitative estimate of drug-likeness (QED) is 0.818. The highest BCUT2D eigenvalue weighted by Crippen LogP contribution is 2.29. The van der Waals surface area contributed by atoms with Crippen molar-refractivity contribution in [3.8, 4) is 0 Å². The van der Waals surface area contributed by atoms with Crippen LogP contribution in [0.4, 0.5) is 0 Å². The molecule has 1 heterocycles. The van der Waals surface area contributed by atoms with Crippen molar-refractivity contribution in [3.63, 3.8) is 0 Å². The fourth-order valence-electron chi connectivity index (χ4n) is 3.15. The minimum absolute atomic E-state index is 0.0793. The normalized spacial score (nSPS) is 31.9. The van der Waals surface area contributed by atoms with Crippen LogP contribution in [-0.2, 0) is 4.79 Å². The number of hydrogen-bond donors (Lipinski definition) is 1. The van der Waals surface area contributed by atoms with Crippen LogP contribution in [0.15, 0.2) is 0 Å². The Morgan fingerprint density at radius 1 is 1.29 bits per heavy atom. The summed E-state index contributed by atoms with van der Waals surface area (Å²) in [5.41, 5.74) is -1.17. The fourth-order valence-corrected chi connectivity index (χ4v) is 3.15. The fraction of sp³-hybridized carbons (Fsp3) is 0.857. The van der Waals surface area contributed by atoms with E-state index >= 15 is 0 Å². The number of aliphatic hydroxyl groups is 1. The van der Waals surface area contributed by atoms with Gasteiger partial charge in [-0.15, -0.1) is 0 Å². The van der Waals surface area contributed by atoms with Crippen LogP contribution in [0, 0.1) is 12.8 Å². The predicted octanol–water partition coefficient (Wildman–Crippen LogP) is 2.14. The molecule has 0 spiro atoms. The van der Waals surface area contributed by atoms with Gasteiger partial charge in [0.1, 0.15) is 5.60 Å². The van der Waals surface area contributed by atoms with Crippen molar-refractivity contribution in [2.24, 2.45) is 5.92 Å². The van der Waals surface area contributed by atoms with Gasteiger partial charge in [-0.25, -0.2) is 0 Å². The van der Waals surface area contributed by atoms with Crippen molar-refractivity contribution in [1.82, 2.24) is 4.90 Å². The third-order valence-electron chi connectivity index (χ3n) is 4.32. The summed E-state index contributed by atoms with van der Waals surface area (Å²) in [6.45, 7) is 5.38. The molecule has 2 aliphatic rings. The molecule has 0 aromatic heterocycles. The molecular weight excluding hydrogens is 214 g/mol. The molecule has 1 unspecified atom stereocenters. The second-order valence-electron chi connectivity index (χ2n) is 5.64. The Hall–Kier alpha value is -0.570. The van der Waals surface area contributed by atoms with Crippen LogP contribution >= 0.6 is 0 Å². The van der Waals surface area contributed by atoms with Gasteiger partial charge in [0.05, 0.1) is 0 Å². The Labute approximate surface area is 104 Å². The molecule has 17 heavy (non-hydrogen) atoms. The van der Waals surface area contributed by atoms with E-state index in [9.17, 15) is 9.90 Å². The molecule has 1 N–H and O–H groups in total. The van der Waals surface area contributed by atoms with Gasteiger partial charge in [0.2, 0.25) is 0 Å². The first-order valence-electron chi connectivity index (χ1n) is 6.97. The van der Waals surface area contributed by atoms with Gasteiger partial charge in [-0.2, -0.15) is 0 Å². The monoisotopic (exact) mass is 238 g/mol. The summed E-state index contributed by atoms with van der Waals surface area (Å²) < 4.78 is 0. The standard InChI is InChI=1S/C14H24NO2/c1-2-14(17)9-6-10-15(13(14)16)11-12-7-4-3-5-8-12/h12,17H,1-11H2. The summed E-state index contributed by atoms with van der Waals surface area (Å²) in [6, 6.07) is 0. The lowest BCUT2D eigenvalue weighted by Crippen LogP contribution is -2.54. The number of hydrogen-bond acceptors (Lipinski definition) is 2. The van der Waals surface area contributed by atoms with E-state index < -0.39 is 5.60 Å². The lowest BCUT2D eigenvalue weighted by molar-refractivity contribution is -0.157. The number of likely N-dealkylation sites (tertiary alicyclic amines) is 1. The molecule has 1 aliphatic carbocycles. The van der Waals surface area contributed by atoms with Crippen LogP contribution in [0.5, 0.6) is 0 Å². The molecule has 0 aromatic rings. The van der Waals surface area contributed by atoms with Crippen molar-refractivity contribution in [2.75, 3.05) is 13.1 Å². The molecule has 2 fully saturated rings. The zero-order chi connectivity index (χ0) is 12.3. The average molecular weight is 238 g/mol. The number of carbonyl (C=O) groups excluding carboxylic acids is 1. The molecule has 97 valence electrons. The van der Waals surface area contributed by atoms with Crippen LogP contribution in [0.1, 0.15) is 51.4 Å². The summed E-state index contributed by atoms with van der Waals surface area (Å²) in [6.07, 6.45) is 8.21. The lowest BCUT2D eigenvalue weighted by atomic mass is 9.86. The Morgan fingerprint density at radius 3 is 2.65 bits per heavy atom. The van der Waals surface area contributed by atoms with Crippen molar-refractivity contribution in [1.29, 1.82) is 0 Å². The zero-order valence-corrected chi connectivity index (χ0v) is 10.7. The molecule has 1 amide bonds. The molecule has 1 atom stereocenters. The van der Waals surface area contributed by atoms with Crippen molar-refractivity contribution in [2.45, 2.75) is 57.0 Å². The second kappa shape index (κ2) is 5.38. The largest absolute Gasteiger partial charge is 0.380 e. The van der Waals surface area contributed by atoms with E-state index in [0.29, 0.717) is 18.8 Å². The molecule has 0 aromatic carbocycles. The van der Waals surface area contributed by atoms with E-state index in [-0.39, 0.29) is 5.91 Å². The maximum atomic E-state index is 12.2. The van der Waals surface area contributed by atoms with Gasteiger partial charge in [-0.05, 0) is 44.9 Å². The van der Waals surface area contributed by atoms with Crippen molar-refractivity contribution < 1.29 is 9.90 Å². The van der Waals surface area contributed by atoms with Gasteiger partial charge in [0.15, 0.2) is 0 Å². The topological polar surface area (TPSA) is 40.5 Å². The third kappa shape index (κ3) is 2.82. The van der Waals surface area contributed by atoms with Crippen LogP contribution in [0.25, 0.3) is 0 Å². The third-order valence-corrected chi connectivity index (χ3v) is 4.32. The highest BCUT2D eigenvalue weighted by molar-refractivity contribution is 5.85. The molecular formula is C14H24NO2. The van der Waals surface area contributed by atoms with E-state index in [2.05, 4.69) is 6.92 Å².